The van der Waals surface area contributed by atoms with Gasteiger partial charge in [-0.25, -0.2) is 4.79 Å². The van der Waals surface area contributed by atoms with Crippen LogP contribution in [0.1, 0.15) is 60.3 Å². The maximum Gasteiger partial charge on any atom is 0.325 e. The van der Waals surface area contributed by atoms with E-state index in [1.165, 1.54) is 11.4 Å². The minimum atomic E-state index is -0.763. The van der Waals surface area contributed by atoms with Crippen molar-refractivity contribution >= 4 is 41.9 Å². The topological polar surface area (TPSA) is 89.1 Å². The van der Waals surface area contributed by atoms with Crippen molar-refractivity contribution in [3.05, 3.63) is 0 Å². The number of halogens is 1. The Morgan fingerprint density at radius 3 is 2.47 bits per heavy atom. The third-order valence-corrected chi connectivity index (χ3v) is 5.76. The number of hydrogen-bond acceptors (Lipinski definition) is 4. The van der Waals surface area contributed by atoms with Crippen molar-refractivity contribution in [2.45, 2.75) is 71.9 Å². The summed E-state index contributed by atoms with van der Waals surface area (Å²) in [5, 5.41) is 9.65. The van der Waals surface area contributed by atoms with E-state index in [0.29, 0.717) is 37.9 Å². The molecular formula is C21H41IN6O2. The van der Waals surface area contributed by atoms with Crippen molar-refractivity contribution in [2.75, 3.05) is 39.3 Å². The van der Waals surface area contributed by atoms with E-state index in [2.05, 4.69) is 46.6 Å². The molecule has 0 aliphatic carbocycles. The van der Waals surface area contributed by atoms with Crippen LogP contribution in [0.5, 0.6) is 0 Å². The second kappa shape index (κ2) is 12.7. The minimum Gasteiger partial charge on any atom is -0.357 e. The maximum absolute atomic E-state index is 12.4. The summed E-state index contributed by atoms with van der Waals surface area (Å²) in [4.78, 5) is 33.0. The lowest BCUT2D eigenvalue weighted by molar-refractivity contribution is -0.130. The first-order valence-electron chi connectivity index (χ1n) is 11.2. The Kier molecular flexibility index (Phi) is 11.4. The van der Waals surface area contributed by atoms with E-state index in [0.717, 1.165) is 38.4 Å². The lowest BCUT2D eigenvalue weighted by atomic mass is 9.99. The zero-order valence-electron chi connectivity index (χ0n) is 19.3. The Morgan fingerprint density at radius 1 is 1.27 bits per heavy atom. The number of nitrogens with zero attached hydrogens (tertiary/aromatic N) is 3. The summed E-state index contributed by atoms with van der Waals surface area (Å²) in [5.41, 5.74) is -0.763. The van der Waals surface area contributed by atoms with Crippen LogP contribution in [0.4, 0.5) is 4.79 Å². The average Bonchev–Trinajstić information content (AvgIpc) is 2.89. The molecule has 8 nitrogen and oxygen atoms in total. The van der Waals surface area contributed by atoms with Gasteiger partial charge in [0.25, 0.3) is 5.91 Å². The van der Waals surface area contributed by atoms with E-state index in [1.54, 1.807) is 6.92 Å². The Morgan fingerprint density at radius 2 is 1.93 bits per heavy atom. The van der Waals surface area contributed by atoms with Gasteiger partial charge in [-0.05, 0) is 45.4 Å². The fraction of sp³-hybridized carbons (Fsp3) is 0.857. The van der Waals surface area contributed by atoms with Gasteiger partial charge in [-0.1, -0.05) is 20.8 Å². The van der Waals surface area contributed by atoms with Gasteiger partial charge in [0.05, 0.1) is 0 Å². The summed E-state index contributed by atoms with van der Waals surface area (Å²) in [7, 11) is 0. The molecule has 0 spiro atoms. The minimum absolute atomic E-state index is 0. The number of piperidine rings is 1. The van der Waals surface area contributed by atoms with Crippen molar-refractivity contribution in [1.29, 1.82) is 0 Å². The second-order valence-corrected chi connectivity index (χ2v) is 8.80. The van der Waals surface area contributed by atoms with Crippen LogP contribution in [-0.2, 0) is 4.79 Å². The number of urea groups is 1. The smallest absolute Gasteiger partial charge is 0.325 e. The number of carbonyl (C=O) groups excluding carboxylic acids is 2. The predicted octanol–water partition coefficient (Wildman–Crippen LogP) is 2.39. The molecule has 30 heavy (non-hydrogen) atoms. The van der Waals surface area contributed by atoms with E-state index in [4.69, 9.17) is 0 Å². The van der Waals surface area contributed by atoms with E-state index in [-0.39, 0.29) is 35.9 Å². The first kappa shape index (κ1) is 26.9. The Labute approximate surface area is 199 Å². The van der Waals surface area contributed by atoms with Gasteiger partial charge in [0.1, 0.15) is 5.54 Å². The molecule has 2 saturated heterocycles. The summed E-state index contributed by atoms with van der Waals surface area (Å²) in [6.45, 7) is 15.5. The molecule has 0 aromatic carbocycles. The molecular weight excluding hydrogens is 495 g/mol. The molecule has 1 unspecified atom stereocenters. The van der Waals surface area contributed by atoms with E-state index in [1.807, 2.05) is 6.92 Å². The number of amides is 3. The van der Waals surface area contributed by atoms with Crippen LogP contribution >= 0.6 is 24.0 Å². The SMILES string of the molecule is CCNC(=NCCCN1C(=O)NC(C)(CC)C1=O)NC1CCN(CC(C)C)CC1.I. The largest absolute Gasteiger partial charge is 0.357 e. The molecule has 0 saturated carbocycles. The van der Waals surface area contributed by atoms with Gasteiger partial charge in [-0.3, -0.25) is 14.7 Å². The number of aliphatic imine (C=N–C) groups is 1. The van der Waals surface area contributed by atoms with Crippen molar-refractivity contribution in [3.8, 4) is 0 Å². The molecule has 2 fully saturated rings. The summed E-state index contributed by atoms with van der Waals surface area (Å²) in [5.74, 6) is 1.40. The zero-order chi connectivity index (χ0) is 21.4. The predicted molar refractivity (Wildman–Crippen MR) is 132 cm³/mol. The van der Waals surface area contributed by atoms with Gasteiger partial charge in [0, 0.05) is 45.3 Å². The van der Waals surface area contributed by atoms with Crippen LogP contribution in [0.2, 0.25) is 0 Å². The van der Waals surface area contributed by atoms with E-state index < -0.39 is 5.54 Å². The normalized spacial score (nSPS) is 23.5. The quantitative estimate of drug-likeness (QED) is 0.139. The first-order valence-corrected chi connectivity index (χ1v) is 11.2. The van der Waals surface area contributed by atoms with Crippen molar-refractivity contribution in [1.82, 2.24) is 25.8 Å². The molecule has 3 N–H and O–H groups in total. The van der Waals surface area contributed by atoms with Crippen molar-refractivity contribution in [2.24, 2.45) is 10.9 Å². The number of hydrogen-bond donors (Lipinski definition) is 3. The highest BCUT2D eigenvalue weighted by Gasteiger charge is 2.45. The van der Waals surface area contributed by atoms with E-state index in [9.17, 15) is 9.59 Å². The van der Waals surface area contributed by atoms with Gasteiger partial charge >= 0.3 is 6.03 Å². The third kappa shape index (κ3) is 7.55. The molecule has 0 aromatic rings. The molecule has 2 heterocycles. The van der Waals surface area contributed by atoms with Crippen molar-refractivity contribution in [3.63, 3.8) is 0 Å². The molecule has 3 amide bonds. The molecule has 2 aliphatic rings. The van der Waals surface area contributed by atoms with Gasteiger partial charge in [0.2, 0.25) is 0 Å². The number of carbonyl (C=O) groups is 2. The molecule has 1 atom stereocenters. The number of nitrogens with one attached hydrogen (secondary N) is 3. The summed E-state index contributed by atoms with van der Waals surface area (Å²) in [6, 6.07) is 0.147. The highest BCUT2D eigenvalue weighted by atomic mass is 127. The van der Waals surface area contributed by atoms with Crippen LogP contribution in [0.3, 0.4) is 0 Å². The number of rotatable bonds is 9. The third-order valence-electron chi connectivity index (χ3n) is 5.76. The molecule has 0 radical (unpaired) electrons. The maximum atomic E-state index is 12.4. The first-order chi connectivity index (χ1) is 13.8. The average molecular weight is 537 g/mol. The Bertz CT molecular complexity index is 592. The van der Waals surface area contributed by atoms with Crippen molar-refractivity contribution < 1.29 is 9.59 Å². The number of guanidine groups is 1. The summed E-state index contributed by atoms with van der Waals surface area (Å²) < 4.78 is 0. The Balaban J connectivity index is 0.00000450. The monoisotopic (exact) mass is 536 g/mol. The molecule has 0 aromatic heterocycles. The highest BCUT2D eigenvalue weighted by molar-refractivity contribution is 14.0. The molecule has 9 heteroatoms. The van der Waals surface area contributed by atoms with Crippen LogP contribution in [0.15, 0.2) is 4.99 Å². The highest BCUT2D eigenvalue weighted by Crippen LogP contribution is 2.20. The van der Waals surface area contributed by atoms with Gasteiger partial charge in [0.15, 0.2) is 5.96 Å². The fourth-order valence-corrected chi connectivity index (χ4v) is 3.90. The van der Waals surface area contributed by atoms with Gasteiger partial charge in [-0.2, -0.15) is 0 Å². The summed E-state index contributed by atoms with van der Waals surface area (Å²) >= 11 is 0. The van der Waals surface area contributed by atoms with Gasteiger partial charge < -0.3 is 20.9 Å². The standard InChI is InChI=1S/C21H40N6O2.HI/c1-6-21(5)18(28)27(20(29)25-21)12-8-11-23-19(22-7-2)24-17-9-13-26(14-10-17)15-16(3)4;/h16-17H,6-15H2,1-5H3,(H,25,29)(H2,22,23,24);1H. The van der Waals surface area contributed by atoms with Gasteiger partial charge in [-0.15, -0.1) is 24.0 Å². The van der Waals surface area contributed by atoms with Crippen LogP contribution in [0, 0.1) is 5.92 Å². The zero-order valence-corrected chi connectivity index (χ0v) is 21.6. The number of imide groups is 1. The van der Waals surface area contributed by atoms with Crippen LogP contribution < -0.4 is 16.0 Å². The molecule has 2 rings (SSSR count). The molecule has 0 bridgehead atoms. The lowest BCUT2D eigenvalue weighted by Crippen LogP contribution is -2.49. The second-order valence-electron chi connectivity index (χ2n) is 8.80. The Hall–Kier alpha value is -1.10. The van der Waals surface area contributed by atoms with Crippen LogP contribution in [-0.4, -0.2) is 78.5 Å². The fourth-order valence-electron chi connectivity index (χ4n) is 3.90. The lowest BCUT2D eigenvalue weighted by Gasteiger charge is -2.34. The molecule has 2 aliphatic heterocycles. The van der Waals surface area contributed by atoms with Crippen LogP contribution in [0.25, 0.3) is 0 Å². The number of likely N-dealkylation sites (tertiary alicyclic amines) is 1. The molecule has 174 valence electrons. The van der Waals surface area contributed by atoms with E-state index >= 15 is 0 Å². The summed E-state index contributed by atoms with van der Waals surface area (Å²) in [6.07, 6.45) is 3.49.